The number of rotatable bonds is 14. The first kappa shape index (κ1) is 47.7. The molecule has 3 unspecified atom stereocenters. The number of nitrogens with one attached hydrogen (secondary N) is 4. The SMILES string of the molecule is CCC.CCCN(Cc1ncc(-c2ccc3c(c2)cc2n3C(c3cnc(C4CC4)s3)Oc3cc(-c4cnc(C5CCCN5C(=O)CNC(=O)OC)[nH]4)cc(F)c3-2)[nH]1)C(=O)C(NC(=O)OC)C(C)C. The Hall–Kier alpha value is -6.76. The summed E-state index contributed by atoms with van der Waals surface area (Å²) in [6.45, 7) is 11.0. The Morgan fingerprint density at radius 2 is 1.69 bits per heavy atom. The predicted molar refractivity (Wildman–Crippen MR) is 255 cm³/mol. The molecule has 1 saturated carbocycles. The van der Waals surface area contributed by atoms with Crippen molar-refractivity contribution in [1.29, 1.82) is 0 Å². The molecule has 19 heteroatoms. The van der Waals surface area contributed by atoms with Crippen LogP contribution in [0.3, 0.4) is 0 Å². The molecule has 1 aliphatic carbocycles. The molecule has 0 spiro atoms. The number of alkyl carbamates (subject to hydrolysis) is 2. The highest BCUT2D eigenvalue weighted by molar-refractivity contribution is 7.11. The summed E-state index contributed by atoms with van der Waals surface area (Å²) >= 11 is 1.61. The standard InChI is InChI=1S/C46H51FN10O7S.C3H8/c1-6-13-55(43(59)40(24(2)3)54-46(61)63-5)23-37-48-19-30(52-37)26-11-12-32-28(15-26)17-34-39-29(47)16-27(18-35(39)64-44(57(32)34)36-21-50-42(65-36)25-9-10-25)31-20-49-41(53-31)33-8-7-14-56(33)38(58)22-51-45(60)62-4;1-3-2/h11-12,15-21,24-25,33,40,44H,6-10,13-14,22-23H2,1-5H3,(H,48,52)(H,49,53)(H,51,60)(H,54,61);3H2,1-2H3. The van der Waals surface area contributed by atoms with Crippen LogP contribution in [-0.4, -0.2) is 103 Å². The number of hydrogen-bond acceptors (Lipinski definition) is 11. The van der Waals surface area contributed by atoms with Crippen molar-refractivity contribution < 1.29 is 37.8 Å². The third-order valence-corrected chi connectivity index (χ3v) is 13.4. The summed E-state index contributed by atoms with van der Waals surface area (Å²) in [5.41, 5.74) is 4.51. The second-order valence-electron chi connectivity index (χ2n) is 17.7. The van der Waals surface area contributed by atoms with Crippen molar-refractivity contribution in [2.24, 2.45) is 5.92 Å². The third-order valence-electron chi connectivity index (χ3n) is 12.2. The highest BCUT2D eigenvalue weighted by Gasteiger charge is 2.36. The second-order valence-corrected chi connectivity index (χ2v) is 18.8. The highest BCUT2D eigenvalue weighted by atomic mass is 32.1. The molecule has 1 saturated heterocycles. The normalized spacial score (nSPS) is 16.6. The molecule has 360 valence electrons. The van der Waals surface area contributed by atoms with Crippen molar-refractivity contribution in [3.05, 3.63) is 82.3 Å². The number of hydrogen-bond donors (Lipinski definition) is 4. The Morgan fingerprint density at radius 3 is 2.41 bits per heavy atom. The molecule has 3 atom stereocenters. The van der Waals surface area contributed by atoms with E-state index in [0.717, 1.165) is 51.3 Å². The fraction of sp³-hybridized carbons (Fsp3) is 0.449. The molecular formula is C49H59FN10O7S. The number of amides is 4. The lowest BCUT2D eigenvalue weighted by Crippen LogP contribution is -2.51. The number of carbonyl (C=O) groups excluding carboxylic acids is 4. The Labute approximate surface area is 398 Å². The fourth-order valence-corrected chi connectivity index (χ4v) is 9.86. The number of benzene rings is 2. The van der Waals surface area contributed by atoms with E-state index >= 15 is 4.39 Å². The van der Waals surface area contributed by atoms with Gasteiger partial charge in [-0.05, 0) is 68.4 Å². The zero-order valence-electron chi connectivity index (χ0n) is 39.5. The molecule has 0 radical (unpaired) electrons. The van der Waals surface area contributed by atoms with E-state index in [2.05, 4.69) is 49.2 Å². The van der Waals surface area contributed by atoms with Crippen LogP contribution in [0.15, 0.2) is 55.0 Å². The number of imidazole rings is 2. The van der Waals surface area contributed by atoms with Crippen molar-refractivity contribution >= 4 is 46.2 Å². The number of nitrogens with zero attached hydrogens (tertiary/aromatic N) is 6. The number of thiazole rings is 1. The molecule has 3 aliphatic rings. The molecule has 2 aliphatic heterocycles. The summed E-state index contributed by atoms with van der Waals surface area (Å²) in [5.74, 6) is 0.849. The van der Waals surface area contributed by atoms with E-state index in [1.165, 1.54) is 26.7 Å². The van der Waals surface area contributed by atoms with Crippen LogP contribution in [0.4, 0.5) is 14.0 Å². The van der Waals surface area contributed by atoms with Gasteiger partial charge < -0.3 is 44.6 Å². The van der Waals surface area contributed by atoms with Gasteiger partial charge in [-0.3, -0.25) is 14.2 Å². The number of halogens is 1. The average Bonchev–Trinajstić information content (AvgIpc) is 3.91. The van der Waals surface area contributed by atoms with E-state index in [4.69, 9.17) is 14.5 Å². The van der Waals surface area contributed by atoms with E-state index < -0.39 is 30.3 Å². The van der Waals surface area contributed by atoms with E-state index in [1.54, 1.807) is 33.5 Å². The van der Waals surface area contributed by atoms with E-state index in [1.807, 2.05) is 61.9 Å². The van der Waals surface area contributed by atoms with Crippen LogP contribution in [0.2, 0.25) is 0 Å². The van der Waals surface area contributed by atoms with Crippen molar-refractivity contribution in [3.63, 3.8) is 0 Å². The van der Waals surface area contributed by atoms with Gasteiger partial charge in [-0.25, -0.2) is 28.9 Å². The van der Waals surface area contributed by atoms with Crippen molar-refractivity contribution in [1.82, 2.24) is 49.9 Å². The molecule has 17 nitrogen and oxygen atoms in total. The van der Waals surface area contributed by atoms with E-state index in [9.17, 15) is 19.2 Å². The Kier molecular flexibility index (Phi) is 14.5. The van der Waals surface area contributed by atoms with Crippen molar-refractivity contribution in [3.8, 4) is 39.5 Å². The molecule has 9 rings (SSSR count). The predicted octanol–water partition coefficient (Wildman–Crippen LogP) is 9.06. The minimum Gasteiger partial charge on any atom is -0.464 e. The molecule has 68 heavy (non-hydrogen) atoms. The van der Waals surface area contributed by atoms with Gasteiger partial charge in [0.2, 0.25) is 18.0 Å². The van der Waals surface area contributed by atoms with Crippen LogP contribution in [0.1, 0.15) is 113 Å². The van der Waals surface area contributed by atoms with Crippen LogP contribution in [0.5, 0.6) is 5.75 Å². The average molecular weight is 951 g/mol. The summed E-state index contributed by atoms with van der Waals surface area (Å²) in [4.78, 5) is 75.4. The monoisotopic (exact) mass is 950 g/mol. The van der Waals surface area contributed by atoms with Crippen molar-refractivity contribution in [2.45, 2.75) is 104 Å². The first-order valence-electron chi connectivity index (χ1n) is 23.3. The van der Waals surface area contributed by atoms with E-state index in [-0.39, 0.29) is 36.9 Å². The molecular weight excluding hydrogens is 892 g/mol. The Balaban J connectivity index is 0.00000203. The molecule has 0 bridgehead atoms. The molecule has 2 aromatic carbocycles. The van der Waals surface area contributed by atoms with Gasteiger partial charge in [0.15, 0.2) is 0 Å². The quantitative estimate of drug-likeness (QED) is 0.0816. The summed E-state index contributed by atoms with van der Waals surface area (Å²) in [6.07, 6.45) is 8.88. The molecule has 6 aromatic rings. The van der Waals surface area contributed by atoms with Gasteiger partial charge in [-0.1, -0.05) is 47.1 Å². The number of H-pyrrole nitrogens is 2. The number of likely N-dealkylation sites (tertiary alicyclic amines) is 1. The summed E-state index contributed by atoms with van der Waals surface area (Å²) in [7, 11) is 2.51. The Morgan fingerprint density at radius 1 is 0.941 bits per heavy atom. The van der Waals surface area contributed by atoms with Crippen LogP contribution in [0.25, 0.3) is 44.7 Å². The maximum Gasteiger partial charge on any atom is 0.407 e. The molecule has 4 N–H and O–H groups in total. The first-order chi connectivity index (χ1) is 32.8. The van der Waals surface area contributed by atoms with Crippen molar-refractivity contribution in [2.75, 3.05) is 33.9 Å². The minimum absolute atomic E-state index is 0.167. The molecule has 4 aromatic heterocycles. The summed E-state index contributed by atoms with van der Waals surface area (Å²) in [5, 5.41) is 7.05. The van der Waals surface area contributed by atoms with Crippen LogP contribution < -0.4 is 15.4 Å². The number of fused-ring (bicyclic) bond motifs is 5. The van der Waals surface area contributed by atoms with Gasteiger partial charge in [0.05, 0.1) is 77.2 Å². The van der Waals surface area contributed by atoms with E-state index in [0.29, 0.717) is 71.8 Å². The lowest BCUT2D eigenvalue weighted by atomic mass is 10.0. The van der Waals surface area contributed by atoms with Gasteiger partial charge in [-0.2, -0.15) is 0 Å². The smallest absolute Gasteiger partial charge is 0.407 e. The summed E-state index contributed by atoms with van der Waals surface area (Å²) in [6, 6.07) is 10.2. The number of methoxy groups -OCH3 is 2. The number of ether oxygens (including phenoxy) is 3. The third kappa shape index (κ3) is 9.93. The molecule has 2 fully saturated rings. The second kappa shape index (κ2) is 20.6. The number of carbonyl (C=O) groups is 4. The maximum atomic E-state index is 16.8. The zero-order valence-corrected chi connectivity index (χ0v) is 40.3. The van der Waals surface area contributed by atoms with Gasteiger partial charge in [0.25, 0.3) is 0 Å². The number of aromatic nitrogens is 6. The molecule has 4 amide bonds. The fourth-order valence-electron chi connectivity index (χ4n) is 8.75. The van der Waals surface area contributed by atoms with Gasteiger partial charge >= 0.3 is 12.2 Å². The lowest BCUT2D eigenvalue weighted by Gasteiger charge is -2.29. The van der Waals surface area contributed by atoms with Crippen LogP contribution in [0, 0.1) is 11.7 Å². The van der Waals surface area contributed by atoms with Gasteiger partial charge in [0, 0.05) is 41.7 Å². The largest absolute Gasteiger partial charge is 0.464 e. The highest BCUT2D eigenvalue weighted by Crippen LogP contribution is 2.49. The van der Waals surface area contributed by atoms with Gasteiger partial charge in [-0.15, -0.1) is 11.3 Å². The lowest BCUT2D eigenvalue weighted by molar-refractivity contribution is -0.135. The molecule has 6 heterocycles. The minimum atomic E-state index is -0.763. The first-order valence-corrected chi connectivity index (χ1v) is 24.1. The number of aromatic amines is 2. The Bertz CT molecular complexity index is 2790. The van der Waals surface area contributed by atoms with Gasteiger partial charge in [0.1, 0.15) is 35.8 Å². The maximum absolute atomic E-state index is 16.8. The topological polar surface area (TPSA) is 202 Å². The van der Waals surface area contributed by atoms with Crippen LogP contribution in [-0.2, 0) is 25.6 Å². The van der Waals surface area contributed by atoms with Crippen LogP contribution >= 0.6 is 11.3 Å². The summed E-state index contributed by atoms with van der Waals surface area (Å²) < 4.78 is 35.0. The zero-order chi connectivity index (χ0) is 48.2.